The molecule has 0 radical (unpaired) electrons. The van der Waals surface area contributed by atoms with Crippen LogP contribution in [0.2, 0.25) is 24.7 Å². The van der Waals surface area contributed by atoms with Crippen molar-refractivity contribution in [3.8, 4) is 0 Å². The molecule has 0 aromatic rings. The molecule has 0 bridgehead atoms. The summed E-state index contributed by atoms with van der Waals surface area (Å²) in [5.74, 6) is -1.73. The van der Waals surface area contributed by atoms with Gasteiger partial charge in [-0.2, -0.15) is 0 Å². The van der Waals surface area contributed by atoms with E-state index in [4.69, 9.17) is 9.47 Å². The minimum Gasteiger partial charge on any atom is -0.465 e. The van der Waals surface area contributed by atoms with Gasteiger partial charge in [0.1, 0.15) is 0 Å². The molecule has 1 fully saturated rings. The predicted molar refractivity (Wildman–Crippen MR) is 85.8 cm³/mol. The van der Waals surface area contributed by atoms with Crippen LogP contribution in [-0.4, -0.2) is 33.2 Å². The molecule has 0 amide bonds. The highest BCUT2D eigenvalue weighted by atomic mass is 28.3. The molecule has 1 unspecified atom stereocenters. The molecular weight excluding hydrogens is 284 g/mol. The molecule has 120 valence electrons. The minimum absolute atomic E-state index is 0.171. The number of rotatable bonds is 8. The number of esters is 2. The Labute approximate surface area is 128 Å². The van der Waals surface area contributed by atoms with Crippen LogP contribution in [0.15, 0.2) is 12.2 Å². The van der Waals surface area contributed by atoms with E-state index in [1.54, 1.807) is 13.8 Å². The Morgan fingerprint density at radius 2 is 1.62 bits per heavy atom. The Morgan fingerprint density at radius 1 is 1.19 bits per heavy atom. The van der Waals surface area contributed by atoms with Crippen molar-refractivity contribution in [1.29, 1.82) is 0 Å². The molecule has 1 aliphatic rings. The van der Waals surface area contributed by atoms with Crippen LogP contribution in [0.1, 0.15) is 33.1 Å². The molecular formula is C16H28O4Si. The zero-order valence-electron chi connectivity index (χ0n) is 14.0. The van der Waals surface area contributed by atoms with Gasteiger partial charge in [-0.3, -0.25) is 9.59 Å². The molecule has 0 aliphatic heterocycles. The van der Waals surface area contributed by atoms with Gasteiger partial charge in [0.05, 0.1) is 21.3 Å². The van der Waals surface area contributed by atoms with Crippen molar-refractivity contribution in [2.75, 3.05) is 13.2 Å². The van der Waals surface area contributed by atoms with Crippen molar-refractivity contribution in [3.63, 3.8) is 0 Å². The van der Waals surface area contributed by atoms with E-state index >= 15 is 0 Å². The van der Waals surface area contributed by atoms with Gasteiger partial charge >= 0.3 is 11.9 Å². The van der Waals surface area contributed by atoms with Crippen LogP contribution in [0, 0.1) is 5.92 Å². The number of carbonyl (C=O) groups is 2. The Hall–Kier alpha value is -1.10. The standard InChI is InChI=1S/C16H28O4Si/c1-7-19-14(17)13(15(18)20-8-2)9-10-16(11-12(16)3)21(4,5)6/h13H,3,7-11H2,1-2,4-6H3. The van der Waals surface area contributed by atoms with Crippen LogP contribution >= 0.6 is 0 Å². The molecule has 0 saturated heterocycles. The lowest BCUT2D eigenvalue weighted by Gasteiger charge is -2.29. The molecule has 5 heteroatoms. The van der Waals surface area contributed by atoms with Gasteiger partial charge in [-0.15, -0.1) is 0 Å². The maximum Gasteiger partial charge on any atom is 0.320 e. The number of ether oxygens (including phenoxy) is 2. The third kappa shape index (κ3) is 3.96. The molecule has 1 atom stereocenters. The van der Waals surface area contributed by atoms with Gasteiger partial charge in [0.15, 0.2) is 5.92 Å². The molecule has 4 nitrogen and oxygen atoms in total. The number of carbonyl (C=O) groups excluding carboxylic acids is 2. The number of allylic oxidation sites excluding steroid dienone is 1. The second kappa shape index (κ2) is 6.77. The summed E-state index contributed by atoms with van der Waals surface area (Å²) in [5, 5.41) is 0.171. The summed E-state index contributed by atoms with van der Waals surface area (Å²) < 4.78 is 10.0. The van der Waals surface area contributed by atoms with Gasteiger partial charge in [0.25, 0.3) is 0 Å². The molecule has 1 rings (SSSR count). The van der Waals surface area contributed by atoms with E-state index in [0.717, 1.165) is 12.8 Å². The van der Waals surface area contributed by atoms with Gasteiger partial charge in [-0.1, -0.05) is 31.8 Å². The highest BCUT2D eigenvalue weighted by Gasteiger charge is 2.56. The second-order valence-corrected chi connectivity index (χ2v) is 12.2. The molecule has 0 N–H and O–H groups in total. The first-order chi connectivity index (χ1) is 9.69. The van der Waals surface area contributed by atoms with Crippen molar-refractivity contribution < 1.29 is 19.1 Å². The van der Waals surface area contributed by atoms with Crippen LogP contribution in [0.25, 0.3) is 0 Å². The Morgan fingerprint density at radius 3 is 1.90 bits per heavy atom. The van der Waals surface area contributed by atoms with Crippen LogP contribution in [0.4, 0.5) is 0 Å². The summed E-state index contributed by atoms with van der Waals surface area (Å²) in [6.45, 7) is 15.1. The van der Waals surface area contributed by atoms with E-state index in [9.17, 15) is 9.59 Å². The van der Waals surface area contributed by atoms with Crippen molar-refractivity contribution in [2.24, 2.45) is 5.92 Å². The summed E-state index contributed by atoms with van der Waals surface area (Å²) >= 11 is 0. The molecule has 0 aromatic heterocycles. The average Bonchev–Trinajstić information content (AvgIpc) is 3.02. The van der Waals surface area contributed by atoms with Crippen LogP contribution in [0.3, 0.4) is 0 Å². The minimum atomic E-state index is -1.41. The van der Waals surface area contributed by atoms with Crippen LogP contribution in [0.5, 0.6) is 0 Å². The van der Waals surface area contributed by atoms with E-state index in [1.807, 2.05) is 0 Å². The largest absolute Gasteiger partial charge is 0.465 e. The quantitative estimate of drug-likeness (QED) is 0.298. The lowest BCUT2D eigenvalue weighted by molar-refractivity contribution is -0.161. The van der Waals surface area contributed by atoms with Crippen molar-refractivity contribution in [3.05, 3.63) is 12.2 Å². The summed E-state index contributed by atoms with van der Waals surface area (Å²) in [4.78, 5) is 24.0. The third-order valence-corrected chi connectivity index (χ3v) is 8.16. The molecule has 1 aliphatic carbocycles. The Balaban J connectivity index is 2.76. The lowest BCUT2D eigenvalue weighted by atomic mass is 10.0. The average molecular weight is 312 g/mol. The third-order valence-electron chi connectivity index (χ3n) is 4.50. The Bertz CT molecular complexity index is 406. The summed E-state index contributed by atoms with van der Waals surface area (Å²) in [6, 6.07) is 0. The van der Waals surface area contributed by atoms with Gasteiger partial charge in [0, 0.05) is 0 Å². The SMILES string of the molecule is C=C1CC1(CCC(C(=O)OCC)C(=O)OCC)[Si](C)(C)C. The van der Waals surface area contributed by atoms with E-state index in [-0.39, 0.29) is 18.3 Å². The zero-order chi connectivity index (χ0) is 16.3. The zero-order valence-corrected chi connectivity index (χ0v) is 15.0. The second-order valence-electron chi connectivity index (χ2n) is 6.71. The highest BCUT2D eigenvalue weighted by molar-refractivity contribution is 6.81. The van der Waals surface area contributed by atoms with E-state index in [1.165, 1.54) is 5.57 Å². The number of hydrogen-bond donors (Lipinski definition) is 0. The molecule has 1 saturated carbocycles. The first kappa shape index (κ1) is 17.9. The monoisotopic (exact) mass is 312 g/mol. The maximum atomic E-state index is 12.0. The molecule has 0 heterocycles. The summed E-state index contributed by atoms with van der Waals surface area (Å²) in [6.07, 6.45) is 2.34. The van der Waals surface area contributed by atoms with Gasteiger partial charge in [0.2, 0.25) is 0 Å². The molecule has 0 aromatic carbocycles. The normalized spacial score (nSPS) is 21.3. The topological polar surface area (TPSA) is 52.6 Å². The fraction of sp³-hybridized carbons (Fsp3) is 0.750. The summed E-state index contributed by atoms with van der Waals surface area (Å²) in [7, 11) is -1.41. The summed E-state index contributed by atoms with van der Waals surface area (Å²) in [5.41, 5.74) is 1.27. The van der Waals surface area contributed by atoms with Crippen molar-refractivity contribution in [1.82, 2.24) is 0 Å². The predicted octanol–water partition coefficient (Wildman–Crippen LogP) is 3.55. The maximum absolute atomic E-state index is 12.0. The van der Waals surface area contributed by atoms with Crippen LogP contribution < -0.4 is 0 Å². The van der Waals surface area contributed by atoms with Crippen molar-refractivity contribution >= 4 is 20.0 Å². The fourth-order valence-corrected chi connectivity index (χ4v) is 5.66. The van der Waals surface area contributed by atoms with Crippen molar-refractivity contribution in [2.45, 2.75) is 57.8 Å². The van der Waals surface area contributed by atoms with Gasteiger partial charge in [-0.25, -0.2) is 0 Å². The lowest BCUT2D eigenvalue weighted by Crippen LogP contribution is -2.33. The molecule has 21 heavy (non-hydrogen) atoms. The van der Waals surface area contributed by atoms with E-state index in [0.29, 0.717) is 6.42 Å². The van der Waals surface area contributed by atoms with Gasteiger partial charge < -0.3 is 9.47 Å². The van der Waals surface area contributed by atoms with E-state index in [2.05, 4.69) is 26.2 Å². The van der Waals surface area contributed by atoms with Crippen LogP contribution in [-0.2, 0) is 19.1 Å². The highest BCUT2D eigenvalue weighted by Crippen LogP contribution is 2.67. The smallest absolute Gasteiger partial charge is 0.320 e. The van der Waals surface area contributed by atoms with E-state index < -0.39 is 25.9 Å². The first-order valence-electron chi connectivity index (χ1n) is 7.71. The molecule has 0 spiro atoms. The number of hydrogen-bond acceptors (Lipinski definition) is 4. The first-order valence-corrected chi connectivity index (χ1v) is 11.2. The Kier molecular flexibility index (Phi) is 5.79. The van der Waals surface area contributed by atoms with Gasteiger partial charge in [-0.05, 0) is 38.1 Å². The fourth-order valence-electron chi connectivity index (χ4n) is 2.96.